The molecule has 0 aliphatic rings. The first-order valence-corrected chi connectivity index (χ1v) is 6.11. The minimum Gasteiger partial charge on any atom is -0.196 e. The molecular formula is C13H11ClN4. The van der Waals surface area contributed by atoms with Crippen LogP contribution in [0.4, 0.5) is 0 Å². The lowest BCUT2D eigenvalue weighted by Gasteiger charge is -2.00. The molecule has 0 N–H and O–H groups in total. The molecule has 0 bridgehead atoms. The number of hydrogen-bond acceptors (Lipinski definition) is 3. The third-order valence-corrected chi connectivity index (χ3v) is 2.98. The Kier molecular flexibility index (Phi) is 2.94. The highest BCUT2D eigenvalue weighted by Gasteiger charge is 2.07. The molecule has 0 aliphatic heterocycles. The molecule has 0 unspecified atom stereocenters. The molecule has 90 valence electrons. The summed E-state index contributed by atoms with van der Waals surface area (Å²) in [6.45, 7) is 0. The number of aryl methyl sites for hydroxylation is 2. The number of nitrogens with zero attached hydrogens (tertiary/aromatic N) is 4. The van der Waals surface area contributed by atoms with E-state index in [0.717, 1.165) is 24.3 Å². The molecule has 0 radical (unpaired) electrons. The summed E-state index contributed by atoms with van der Waals surface area (Å²) in [5.41, 5.74) is 2.00. The van der Waals surface area contributed by atoms with Crippen molar-refractivity contribution in [3.63, 3.8) is 0 Å². The van der Waals surface area contributed by atoms with Gasteiger partial charge in [0.15, 0.2) is 11.5 Å². The molecule has 0 aliphatic carbocycles. The minimum absolute atomic E-state index is 0.447. The van der Waals surface area contributed by atoms with Crippen LogP contribution in [0, 0.1) is 0 Å². The summed E-state index contributed by atoms with van der Waals surface area (Å²) >= 11 is 5.88. The summed E-state index contributed by atoms with van der Waals surface area (Å²) in [4.78, 5) is 0. The van der Waals surface area contributed by atoms with Crippen molar-refractivity contribution in [2.45, 2.75) is 12.8 Å². The van der Waals surface area contributed by atoms with E-state index in [1.54, 1.807) is 10.6 Å². The Morgan fingerprint density at radius 2 is 1.78 bits per heavy atom. The van der Waals surface area contributed by atoms with Crippen molar-refractivity contribution in [3.8, 4) is 0 Å². The van der Waals surface area contributed by atoms with Crippen molar-refractivity contribution in [1.29, 1.82) is 0 Å². The Balaban J connectivity index is 1.85. The number of fused-ring (bicyclic) bond motifs is 1. The topological polar surface area (TPSA) is 43.1 Å². The average molecular weight is 259 g/mol. The third kappa shape index (κ3) is 2.19. The average Bonchev–Trinajstić information content (AvgIpc) is 2.80. The number of hydrogen-bond donors (Lipinski definition) is 0. The molecular weight excluding hydrogens is 248 g/mol. The predicted octanol–water partition coefficient (Wildman–Crippen LogP) is 2.56. The summed E-state index contributed by atoms with van der Waals surface area (Å²) in [6, 6.07) is 13.8. The van der Waals surface area contributed by atoms with Gasteiger partial charge in [-0.15, -0.1) is 10.2 Å². The maximum absolute atomic E-state index is 5.88. The van der Waals surface area contributed by atoms with E-state index < -0.39 is 0 Å². The van der Waals surface area contributed by atoms with E-state index in [1.165, 1.54) is 5.56 Å². The summed E-state index contributed by atoms with van der Waals surface area (Å²) in [6.07, 6.45) is 1.70. The highest BCUT2D eigenvalue weighted by atomic mass is 35.5. The molecule has 1 aromatic carbocycles. The smallest absolute Gasteiger partial charge is 0.178 e. The quantitative estimate of drug-likeness (QED) is 0.725. The van der Waals surface area contributed by atoms with Gasteiger partial charge in [-0.1, -0.05) is 41.9 Å². The van der Waals surface area contributed by atoms with Crippen LogP contribution in [0.2, 0.25) is 5.15 Å². The molecule has 3 aromatic rings. The Morgan fingerprint density at radius 1 is 0.944 bits per heavy atom. The van der Waals surface area contributed by atoms with E-state index >= 15 is 0 Å². The first-order chi connectivity index (χ1) is 8.83. The first-order valence-electron chi connectivity index (χ1n) is 5.74. The molecule has 3 rings (SSSR count). The van der Waals surface area contributed by atoms with E-state index in [0.29, 0.717) is 5.15 Å². The van der Waals surface area contributed by atoms with E-state index in [2.05, 4.69) is 27.4 Å². The molecule has 0 spiro atoms. The Bertz CT molecular complexity index is 663. The van der Waals surface area contributed by atoms with E-state index in [4.69, 9.17) is 11.6 Å². The van der Waals surface area contributed by atoms with Crippen LogP contribution in [0.3, 0.4) is 0 Å². The van der Waals surface area contributed by atoms with Crippen LogP contribution in [0.5, 0.6) is 0 Å². The van der Waals surface area contributed by atoms with Gasteiger partial charge in [0.2, 0.25) is 0 Å². The fraction of sp³-hybridized carbons (Fsp3) is 0.154. The van der Waals surface area contributed by atoms with Gasteiger partial charge in [-0.25, -0.2) is 0 Å². The largest absolute Gasteiger partial charge is 0.196 e. The molecule has 5 heteroatoms. The molecule has 4 nitrogen and oxygen atoms in total. The summed E-state index contributed by atoms with van der Waals surface area (Å²) in [5.74, 6) is 0.830. The molecule has 2 aromatic heterocycles. The highest BCUT2D eigenvalue weighted by Crippen LogP contribution is 2.09. The lowest BCUT2D eigenvalue weighted by atomic mass is 10.1. The maximum Gasteiger partial charge on any atom is 0.178 e. The third-order valence-electron chi connectivity index (χ3n) is 2.77. The Hall–Kier alpha value is -1.94. The molecule has 0 amide bonds. The van der Waals surface area contributed by atoms with Crippen molar-refractivity contribution in [2.75, 3.05) is 0 Å². The minimum atomic E-state index is 0.447. The zero-order valence-corrected chi connectivity index (χ0v) is 10.4. The molecule has 0 fully saturated rings. The van der Waals surface area contributed by atoms with Gasteiger partial charge in [0.05, 0.1) is 0 Å². The van der Waals surface area contributed by atoms with E-state index in [9.17, 15) is 0 Å². The van der Waals surface area contributed by atoms with Crippen molar-refractivity contribution < 1.29 is 0 Å². The number of halogens is 1. The zero-order chi connectivity index (χ0) is 12.4. The van der Waals surface area contributed by atoms with Crippen LogP contribution in [-0.2, 0) is 12.8 Å². The van der Waals surface area contributed by atoms with Gasteiger partial charge in [0.25, 0.3) is 0 Å². The summed E-state index contributed by atoms with van der Waals surface area (Å²) in [7, 11) is 0. The van der Waals surface area contributed by atoms with Crippen LogP contribution < -0.4 is 0 Å². The predicted molar refractivity (Wildman–Crippen MR) is 69.6 cm³/mol. The number of aromatic nitrogens is 4. The lowest BCUT2D eigenvalue weighted by Crippen LogP contribution is -2.01. The molecule has 18 heavy (non-hydrogen) atoms. The molecule has 0 saturated carbocycles. The van der Waals surface area contributed by atoms with Gasteiger partial charge >= 0.3 is 0 Å². The fourth-order valence-electron chi connectivity index (χ4n) is 1.87. The summed E-state index contributed by atoms with van der Waals surface area (Å²) in [5, 5.41) is 12.9. The highest BCUT2D eigenvalue weighted by molar-refractivity contribution is 6.29. The van der Waals surface area contributed by atoms with Crippen molar-refractivity contribution in [1.82, 2.24) is 19.8 Å². The van der Waals surface area contributed by atoms with Crippen molar-refractivity contribution >= 4 is 17.2 Å². The van der Waals surface area contributed by atoms with Gasteiger partial charge in [-0.3, -0.25) is 0 Å². The normalized spacial score (nSPS) is 10.9. The van der Waals surface area contributed by atoms with Gasteiger partial charge in [-0.05, 0) is 24.1 Å². The van der Waals surface area contributed by atoms with Gasteiger partial charge < -0.3 is 0 Å². The second-order valence-corrected chi connectivity index (χ2v) is 4.42. The standard InChI is InChI=1S/C13H11ClN4/c14-11-7-9-13-16-15-12(18(13)17-11)8-6-10-4-2-1-3-5-10/h1-5,7,9H,6,8H2. The number of benzene rings is 1. The van der Waals surface area contributed by atoms with Crippen LogP contribution >= 0.6 is 11.6 Å². The van der Waals surface area contributed by atoms with Gasteiger partial charge in [0.1, 0.15) is 5.15 Å². The second-order valence-electron chi connectivity index (χ2n) is 4.03. The second kappa shape index (κ2) is 4.74. The maximum atomic E-state index is 5.88. The zero-order valence-electron chi connectivity index (χ0n) is 9.62. The number of rotatable bonds is 3. The Morgan fingerprint density at radius 3 is 2.61 bits per heavy atom. The SMILES string of the molecule is Clc1ccc2nnc(CCc3ccccc3)n2n1. The monoisotopic (exact) mass is 258 g/mol. The van der Waals surface area contributed by atoms with Gasteiger partial charge in [-0.2, -0.15) is 9.61 Å². The Labute approximate surface area is 109 Å². The van der Waals surface area contributed by atoms with Crippen LogP contribution in [0.1, 0.15) is 11.4 Å². The van der Waals surface area contributed by atoms with Crippen LogP contribution in [-0.4, -0.2) is 19.8 Å². The molecule has 0 saturated heterocycles. The van der Waals surface area contributed by atoms with Crippen LogP contribution in [0.15, 0.2) is 42.5 Å². The van der Waals surface area contributed by atoms with E-state index in [-0.39, 0.29) is 0 Å². The van der Waals surface area contributed by atoms with Gasteiger partial charge in [0, 0.05) is 6.42 Å². The van der Waals surface area contributed by atoms with Crippen molar-refractivity contribution in [2.24, 2.45) is 0 Å². The molecule has 2 heterocycles. The first kappa shape index (κ1) is 11.2. The fourth-order valence-corrected chi connectivity index (χ4v) is 2.01. The lowest BCUT2D eigenvalue weighted by molar-refractivity contribution is 0.784. The van der Waals surface area contributed by atoms with Crippen molar-refractivity contribution in [3.05, 3.63) is 59.0 Å². The summed E-state index contributed by atoms with van der Waals surface area (Å²) < 4.78 is 1.70. The van der Waals surface area contributed by atoms with E-state index in [1.807, 2.05) is 24.3 Å². The molecule has 0 atom stereocenters. The van der Waals surface area contributed by atoms with Crippen LogP contribution in [0.25, 0.3) is 5.65 Å².